The fourth-order valence-corrected chi connectivity index (χ4v) is 5.32. The fourth-order valence-electron chi connectivity index (χ4n) is 5.32. The number of nitrogens with zero attached hydrogens (tertiary/aromatic N) is 5. The smallest absolute Gasteiger partial charge is 0.433 e. The minimum absolute atomic E-state index is 0.0287. The average Bonchev–Trinajstić information content (AvgIpc) is 3.41. The first kappa shape index (κ1) is 30.8. The lowest BCUT2D eigenvalue weighted by Crippen LogP contribution is -2.60. The second-order valence-electron chi connectivity index (χ2n) is 10.2. The number of amides is 2. The fraction of sp³-hybridized carbons (Fsp3) is 0.310. The Labute approximate surface area is 247 Å². The summed E-state index contributed by atoms with van der Waals surface area (Å²) in [7, 11) is 2.78. The molecule has 15 heteroatoms. The zero-order valence-electron chi connectivity index (χ0n) is 23.7. The van der Waals surface area contributed by atoms with Crippen molar-refractivity contribution in [1.29, 1.82) is 0 Å². The second-order valence-corrected chi connectivity index (χ2v) is 10.2. The van der Waals surface area contributed by atoms with Gasteiger partial charge in [-0.25, -0.2) is 22.7 Å². The summed E-state index contributed by atoms with van der Waals surface area (Å²) in [5.41, 5.74) is -1.93. The van der Waals surface area contributed by atoms with Gasteiger partial charge in [0.05, 0.1) is 19.0 Å². The third-order valence-electron chi connectivity index (χ3n) is 7.48. The molecule has 2 aromatic heterocycles. The van der Waals surface area contributed by atoms with E-state index in [2.05, 4.69) is 15.4 Å². The highest BCUT2D eigenvalue weighted by molar-refractivity contribution is 6.02. The summed E-state index contributed by atoms with van der Waals surface area (Å²) in [6.07, 6.45) is -3.89. The van der Waals surface area contributed by atoms with Gasteiger partial charge in [0.25, 0.3) is 5.91 Å². The molecule has 3 heterocycles. The lowest BCUT2D eigenvalue weighted by Gasteiger charge is -2.40. The minimum atomic E-state index is -4.86. The molecule has 2 aromatic carbocycles. The predicted molar refractivity (Wildman–Crippen MR) is 145 cm³/mol. The summed E-state index contributed by atoms with van der Waals surface area (Å²) in [5, 5.41) is 6.30. The maximum Gasteiger partial charge on any atom is 0.433 e. The number of alkyl halides is 3. The maximum absolute atomic E-state index is 14.3. The molecule has 4 aromatic rings. The zero-order chi connectivity index (χ0) is 31.9. The van der Waals surface area contributed by atoms with Gasteiger partial charge in [-0.1, -0.05) is 0 Å². The number of fused-ring (bicyclic) bond motifs is 1. The van der Waals surface area contributed by atoms with Crippen LogP contribution in [0.5, 0.6) is 5.75 Å². The molecule has 0 aliphatic carbocycles. The van der Waals surface area contributed by atoms with E-state index in [1.54, 1.807) is 17.0 Å². The van der Waals surface area contributed by atoms with Crippen molar-refractivity contribution in [3.8, 4) is 17.0 Å². The number of halogens is 6. The van der Waals surface area contributed by atoms with E-state index in [0.717, 1.165) is 17.2 Å². The van der Waals surface area contributed by atoms with E-state index in [-0.39, 0.29) is 54.2 Å². The monoisotopic (exact) mass is 620 g/mol. The molecule has 1 atom stereocenters. The van der Waals surface area contributed by atoms with Crippen molar-refractivity contribution >= 4 is 17.5 Å². The van der Waals surface area contributed by atoms with Gasteiger partial charge in [0.15, 0.2) is 23.0 Å². The Hall–Kier alpha value is -4.66. The van der Waals surface area contributed by atoms with Crippen molar-refractivity contribution < 1.29 is 40.7 Å². The lowest BCUT2D eigenvalue weighted by molar-refractivity contribution is -0.143. The van der Waals surface area contributed by atoms with Crippen molar-refractivity contribution in [3.05, 3.63) is 82.4 Å². The normalized spacial score (nSPS) is 15.9. The Morgan fingerprint density at radius 2 is 1.80 bits per heavy atom. The van der Waals surface area contributed by atoms with Crippen LogP contribution in [0, 0.1) is 24.4 Å². The highest BCUT2D eigenvalue weighted by Crippen LogP contribution is 2.37. The van der Waals surface area contributed by atoms with Crippen molar-refractivity contribution in [2.75, 3.05) is 33.8 Å². The molecule has 44 heavy (non-hydrogen) atoms. The number of benzene rings is 2. The van der Waals surface area contributed by atoms with E-state index in [1.807, 2.05) is 0 Å². The van der Waals surface area contributed by atoms with Crippen LogP contribution < -0.4 is 10.1 Å². The van der Waals surface area contributed by atoms with E-state index in [0.29, 0.717) is 21.9 Å². The number of piperazine rings is 1. The third-order valence-corrected chi connectivity index (χ3v) is 7.48. The van der Waals surface area contributed by atoms with Gasteiger partial charge in [-0.15, -0.1) is 0 Å². The highest BCUT2D eigenvalue weighted by atomic mass is 19.4. The van der Waals surface area contributed by atoms with Crippen molar-refractivity contribution in [2.45, 2.75) is 25.7 Å². The van der Waals surface area contributed by atoms with Gasteiger partial charge in [0.1, 0.15) is 23.2 Å². The Balaban J connectivity index is 1.53. The van der Waals surface area contributed by atoms with Crippen molar-refractivity contribution in [3.63, 3.8) is 0 Å². The van der Waals surface area contributed by atoms with Gasteiger partial charge in [0.2, 0.25) is 5.91 Å². The number of carbonyl (C=O) groups excluding carboxylic acids is 2. The second kappa shape index (κ2) is 11.8. The molecule has 0 unspecified atom stereocenters. The Morgan fingerprint density at radius 1 is 1.09 bits per heavy atom. The molecule has 5 rings (SSSR count). The van der Waals surface area contributed by atoms with Crippen LogP contribution >= 0.6 is 0 Å². The van der Waals surface area contributed by atoms with Crippen LogP contribution in [0.2, 0.25) is 0 Å². The van der Waals surface area contributed by atoms with Crippen LogP contribution in [-0.2, 0) is 17.5 Å². The number of methoxy groups -OCH3 is 1. The number of aromatic nitrogens is 3. The molecule has 0 bridgehead atoms. The molecule has 1 aliphatic heterocycles. The summed E-state index contributed by atoms with van der Waals surface area (Å²) in [5.74, 6) is -4.50. The summed E-state index contributed by atoms with van der Waals surface area (Å²) in [6.45, 7) is 0.796. The summed E-state index contributed by atoms with van der Waals surface area (Å²) >= 11 is 0. The van der Waals surface area contributed by atoms with Crippen LogP contribution in [0.15, 0.2) is 42.6 Å². The standard InChI is InChI=1S/C29H26F6N6O3/c1-15-24(16-4-6-19(44-3)7-5-16)38-26-20(12-37-41(26)25(15)29(33,34)35)28(43)40-9-8-39(14-22(40)27(42)36-2)13-17-10-18(30)11-21(31)23(17)32/h4-7,10-12,22H,8-9,13-14H2,1-3H3,(H,36,42)/t22-/m0/s1. The SMILES string of the molecule is CNC(=O)[C@@H]1CN(Cc2cc(F)cc(F)c2F)CCN1C(=O)c1cnn2c(C(F)(F)F)c(C)c(-c3ccc(OC)cc3)nc12. The number of carbonyl (C=O) groups is 2. The lowest BCUT2D eigenvalue weighted by atomic mass is 10.0. The molecular weight excluding hydrogens is 594 g/mol. The van der Waals surface area contributed by atoms with Crippen LogP contribution in [0.25, 0.3) is 16.9 Å². The third kappa shape index (κ3) is 5.66. The maximum atomic E-state index is 14.3. The van der Waals surface area contributed by atoms with Gasteiger partial charge in [-0.3, -0.25) is 14.5 Å². The summed E-state index contributed by atoms with van der Waals surface area (Å²) in [4.78, 5) is 33.9. The van der Waals surface area contributed by atoms with E-state index >= 15 is 0 Å². The minimum Gasteiger partial charge on any atom is -0.497 e. The average molecular weight is 621 g/mol. The first-order valence-corrected chi connectivity index (χ1v) is 13.3. The van der Waals surface area contributed by atoms with E-state index in [1.165, 1.54) is 33.2 Å². The van der Waals surface area contributed by atoms with Gasteiger partial charge in [0, 0.05) is 56.0 Å². The van der Waals surface area contributed by atoms with Crippen LogP contribution in [0.1, 0.15) is 27.2 Å². The molecular formula is C29H26F6N6O3. The van der Waals surface area contributed by atoms with Crippen LogP contribution in [-0.4, -0.2) is 76.0 Å². The van der Waals surface area contributed by atoms with Crippen molar-refractivity contribution in [1.82, 2.24) is 29.7 Å². The molecule has 9 nitrogen and oxygen atoms in total. The summed E-state index contributed by atoms with van der Waals surface area (Å²) in [6, 6.07) is 6.29. The number of hydrogen-bond acceptors (Lipinski definition) is 6. The molecule has 1 fully saturated rings. The number of rotatable bonds is 6. The van der Waals surface area contributed by atoms with Gasteiger partial charge >= 0.3 is 6.18 Å². The quantitative estimate of drug-likeness (QED) is 0.257. The zero-order valence-corrected chi connectivity index (χ0v) is 23.7. The Morgan fingerprint density at radius 3 is 2.43 bits per heavy atom. The molecule has 1 aliphatic rings. The van der Waals surface area contributed by atoms with E-state index in [9.17, 15) is 35.9 Å². The van der Waals surface area contributed by atoms with Crippen LogP contribution in [0.3, 0.4) is 0 Å². The predicted octanol–water partition coefficient (Wildman–Crippen LogP) is 4.22. The Kier molecular flexibility index (Phi) is 8.25. The van der Waals surface area contributed by atoms with Gasteiger partial charge < -0.3 is 15.0 Å². The molecule has 0 saturated carbocycles. The number of ether oxygens (including phenoxy) is 1. The molecule has 2 amide bonds. The van der Waals surface area contributed by atoms with Gasteiger partial charge in [-0.2, -0.15) is 18.3 Å². The molecule has 0 radical (unpaired) electrons. The van der Waals surface area contributed by atoms with Crippen molar-refractivity contribution in [2.24, 2.45) is 0 Å². The van der Waals surface area contributed by atoms with E-state index in [4.69, 9.17) is 4.74 Å². The van der Waals surface area contributed by atoms with E-state index < -0.39 is 47.2 Å². The topological polar surface area (TPSA) is 92.1 Å². The first-order valence-electron chi connectivity index (χ1n) is 13.3. The first-order chi connectivity index (χ1) is 20.8. The molecule has 1 N–H and O–H groups in total. The molecule has 232 valence electrons. The molecule has 0 spiro atoms. The highest BCUT2D eigenvalue weighted by Gasteiger charge is 2.41. The largest absolute Gasteiger partial charge is 0.497 e. The number of likely N-dealkylation sites (N-methyl/N-ethyl adjacent to an activating group) is 1. The summed E-state index contributed by atoms with van der Waals surface area (Å²) < 4.78 is 90.5. The van der Waals surface area contributed by atoms with Crippen LogP contribution in [0.4, 0.5) is 26.3 Å². The number of hydrogen-bond donors (Lipinski definition) is 1. The Bertz CT molecular complexity index is 1740. The molecule has 1 saturated heterocycles. The van der Waals surface area contributed by atoms with Gasteiger partial charge in [-0.05, 0) is 37.3 Å². The number of nitrogens with one attached hydrogen (secondary N) is 1.